The third-order valence-corrected chi connectivity index (χ3v) is 5.64. The molecule has 0 aromatic heterocycles. The predicted molar refractivity (Wildman–Crippen MR) is 128 cm³/mol. The van der Waals surface area contributed by atoms with Crippen molar-refractivity contribution in [2.24, 2.45) is 0 Å². The predicted octanol–water partition coefficient (Wildman–Crippen LogP) is 4.21. The second-order valence-corrected chi connectivity index (χ2v) is 7.91. The largest absolute Gasteiger partial charge is 0.497 e. The van der Waals surface area contributed by atoms with Gasteiger partial charge in [0, 0.05) is 12.2 Å². The number of ether oxygens (including phenoxy) is 2. The number of carbonyl (C=O) groups excluding carboxylic acids is 3. The lowest BCUT2D eigenvalue weighted by molar-refractivity contribution is -0.124. The summed E-state index contributed by atoms with van der Waals surface area (Å²) in [6.07, 6.45) is -0.265. The monoisotopic (exact) mass is 477 g/mol. The normalized spacial score (nSPS) is 15.3. The molecule has 1 aliphatic heterocycles. The minimum Gasteiger partial charge on any atom is -0.497 e. The van der Waals surface area contributed by atoms with Crippen LogP contribution in [0.4, 0.5) is 20.6 Å². The summed E-state index contributed by atoms with van der Waals surface area (Å²) in [6.45, 7) is 0.100. The Morgan fingerprint density at radius 2 is 1.63 bits per heavy atom. The number of methoxy groups -OCH3 is 2. The van der Waals surface area contributed by atoms with Gasteiger partial charge in [-0.05, 0) is 66.2 Å². The Morgan fingerprint density at radius 3 is 2.29 bits per heavy atom. The second-order valence-electron chi connectivity index (χ2n) is 7.91. The van der Waals surface area contributed by atoms with E-state index in [0.717, 1.165) is 10.5 Å². The van der Waals surface area contributed by atoms with Crippen LogP contribution in [0.2, 0.25) is 0 Å². The quantitative estimate of drug-likeness (QED) is 0.491. The van der Waals surface area contributed by atoms with Crippen molar-refractivity contribution in [2.75, 3.05) is 24.4 Å². The molecule has 1 aliphatic rings. The molecule has 1 atom stereocenters. The summed E-state index contributed by atoms with van der Waals surface area (Å²) in [5, 5.41) is 2.65. The number of imide groups is 1. The van der Waals surface area contributed by atoms with E-state index in [1.165, 1.54) is 43.4 Å². The third kappa shape index (κ3) is 5.24. The molecule has 9 heteroatoms. The topological polar surface area (TPSA) is 88.2 Å². The number of benzene rings is 3. The molecule has 1 fully saturated rings. The van der Waals surface area contributed by atoms with Crippen LogP contribution in [0, 0.1) is 5.82 Å². The number of rotatable bonds is 8. The van der Waals surface area contributed by atoms with Crippen molar-refractivity contribution >= 4 is 29.2 Å². The van der Waals surface area contributed by atoms with Crippen molar-refractivity contribution in [3.8, 4) is 11.5 Å². The fourth-order valence-electron chi connectivity index (χ4n) is 3.87. The number of hydrogen-bond acceptors (Lipinski definition) is 5. The lowest BCUT2D eigenvalue weighted by Gasteiger charge is -2.22. The SMILES string of the molecule is COc1ccc(N2C(=O)[C@@H](CC(=O)Nc3ccc(F)cc3)N(Cc3cccc(OC)c3)C2=O)cc1. The van der Waals surface area contributed by atoms with Crippen LogP contribution in [0.5, 0.6) is 11.5 Å². The number of carbonyl (C=O) groups is 3. The maximum absolute atomic E-state index is 13.4. The first-order valence-corrected chi connectivity index (χ1v) is 10.9. The van der Waals surface area contributed by atoms with Crippen molar-refractivity contribution in [1.29, 1.82) is 0 Å². The number of hydrogen-bond donors (Lipinski definition) is 1. The summed E-state index contributed by atoms with van der Waals surface area (Å²) in [6, 6.07) is 17.4. The number of halogens is 1. The number of anilines is 2. The average Bonchev–Trinajstić information content (AvgIpc) is 3.09. The van der Waals surface area contributed by atoms with E-state index in [1.807, 2.05) is 6.07 Å². The number of amides is 4. The number of nitrogens with one attached hydrogen (secondary N) is 1. The molecule has 1 heterocycles. The summed E-state index contributed by atoms with van der Waals surface area (Å²) in [7, 11) is 3.06. The van der Waals surface area contributed by atoms with Gasteiger partial charge in [0.25, 0.3) is 5.91 Å². The van der Waals surface area contributed by atoms with Crippen LogP contribution in [-0.4, -0.2) is 43.0 Å². The first kappa shape index (κ1) is 23.7. The van der Waals surface area contributed by atoms with Gasteiger partial charge in [-0.1, -0.05) is 12.1 Å². The van der Waals surface area contributed by atoms with E-state index < -0.39 is 29.7 Å². The van der Waals surface area contributed by atoms with Crippen LogP contribution in [0.1, 0.15) is 12.0 Å². The van der Waals surface area contributed by atoms with Crippen molar-refractivity contribution in [2.45, 2.75) is 19.0 Å². The molecule has 4 rings (SSSR count). The standard InChI is InChI=1S/C26H24FN3O5/c1-34-21-12-10-20(11-13-21)30-25(32)23(15-24(31)28-19-8-6-18(27)7-9-19)29(26(30)33)16-17-4-3-5-22(14-17)35-2/h3-14,23H,15-16H2,1-2H3,(H,28,31)/t23-/m1/s1. The smallest absolute Gasteiger partial charge is 0.332 e. The van der Waals surface area contributed by atoms with Crippen LogP contribution in [0.15, 0.2) is 72.8 Å². The number of nitrogens with zero attached hydrogens (tertiary/aromatic N) is 2. The van der Waals surface area contributed by atoms with Crippen molar-refractivity contribution in [1.82, 2.24) is 4.90 Å². The zero-order valence-electron chi connectivity index (χ0n) is 19.2. The maximum Gasteiger partial charge on any atom is 0.332 e. The van der Waals surface area contributed by atoms with Gasteiger partial charge in [0.1, 0.15) is 23.4 Å². The van der Waals surface area contributed by atoms with Gasteiger partial charge in [-0.15, -0.1) is 0 Å². The molecule has 1 N–H and O–H groups in total. The molecule has 4 amide bonds. The summed E-state index contributed by atoms with van der Waals surface area (Å²) >= 11 is 0. The lowest BCUT2D eigenvalue weighted by atomic mass is 10.1. The Hall–Kier alpha value is -4.40. The molecule has 3 aromatic carbocycles. The van der Waals surface area contributed by atoms with Crippen LogP contribution in [0.3, 0.4) is 0 Å². The Bertz CT molecular complexity index is 1230. The first-order chi connectivity index (χ1) is 16.9. The number of urea groups is 1. The highest BCUT2D eigenvalue weighted by atomic mass is 19.1. The van der Waals surface area contributed by atoms with Gasteiger partial charge < -0.3 is 19.7 Å². The Balaban J connectivity index is 1.61. The molecule has 0 spiro atoms. The summed E-state index contributed by atoms with van der Waals surface area (Å²) in [4.78, 5) is 42.0. The van der Waals surface area contributed by atoms with Crippen LogP contribution >= 0.6 is 0 Å². The molecule has 0 saturated carbocycles. The molecular formula is C26H24FN3O5. The Morgan fingerprint density at radius 1 is 0.943 bits per heavy atom. The Kier molecular flexibility index (Phi) is 6.96. The van der Waals surface area contributed by atoms with Crippen LogP contribution in [0.25, 0.3) is 0 Å². The summed E-state index contributed by atoms with van der Waals surface area (Å²) in [5.41, 5.74) is 1.50. The highest BCUT2D eigenvalue weighted by Crippen LogP contribution is 2.30. The third-order valence-electron chi connectivity index (χ3n) is 5.64. The minimum absolute atomic E-state index is 0.100. The highest BCUT2D eigenvalue weighted by Gasteiger charge is 2.46. The van der Waals surface area contributed by atoms with Crippen LogP contribution in [-0.2, 0) is 16.1 Å². The maximum atomic E-state index is 13.4. The van der Waals surface area contributed by atoms with Crippen molar-refractivity contribution in [3.63, 3.8) is 0 Å². The minimum atomic E-state index is -1.03. The van der Waals surface area contributed by atoms with Gasteiger partial charge in [0.15, 0.2) is 0 Å². The second kappa shape index (κ2) is 10.3. The molecule has 0 unspecified atom stereocenters. The lowest BCUT2D eigenvalue weighted by Crippen LogP contribution is -2.37. The van der Waals surface area contributed by atoms with Gasteiger partial charge in [0.05, 0.1) is 26.3 Å². The van der Waals surface area contributed by atoms with Gasteiger partial charge >= 0.3 is 6.03 Å². The summed E-state index contributed by atoms with van der Waals surface area (Å²) in [5.74, 6) is -0.235. The van der Waals surface area contributed by atoms with E-state index in [-0.39, 0.29) is 13.0 Å². The molecule has 0 bridgehead atoms. The molecule has 180 valence electrons. The fourth-order valence-corrected chi connectivity index (χ4v) is 3.87. The average molecular weight is 477 g/mol. The van der Waals surface area contributed by atoms with E-state index in [1.54, 1.807) is 42.5 Å². The molecule has 0 aliphatic carbocycles. The first-order valence-electron chi connectivity index (χ1n) is 10.9. The van der Waals surface area contributed by atoms with E-state index >= 15 is 0 Å². The van der Waals surface area contributed by atoms with Crippen molar-refractivity contribution < 1.29 is 28.2 Å². The molecule has 8 nitrogen and oxygen atoms in total. The van der Waals surface area contributed by atoms with Crippen molar-refractivity contribution in [3.05, 3.63) is 84.2 Å². The summed E-state index contributed by atoms with van der Waals surface area (Å²) < 4.78 is 23.6. The van der Waals surface area contributed by atoms with E-state index in [0.29, 0.717) is 22.9 Å². The van der Waals surface area contributed by atoms with E-state index in [9.17, 15) is 18.8 Å². The zero-order chi connectivity index (χ0) is 24.9. The van der Waals surface area contributed by atoms with Crippen LogP contribution < -0.4 is 19.7 Å². The van der Waals surface area contributed by atoms with Gasteiger partial charge in [0.2, 0.25) is 5.91 Å². The van der Waals surface area contributed by atoms with E-state index in [2.05, 4.69) is 5.32 Å². The molecule has 3 aromatic rings. The fraction of sp³-hybridized carbons (Fsp3) is 0.192. The van der Waals surface area contributed by atoms with E-state index in [4.69, 9.17) is 9.47 Å². The molecule has 0 radical (unpaired) electrons. The molecule has 1 saturated heterocycles. The van der Waals surface area contributed by atoms with Gasteiger partial charge in [-0.3, -0.25) is 9.59 Å². The van der Waals surface area contributed by atoms with Gasteiger partial charge in [-0.25, -0.2) is 14.1 Å². The highest BCUT2D eigenvalue weighted by molar-refractivity contribution is 6.22. The zero-order valence-corrected chi connectivity index (χ0v) is 19.2. The molecular weight excluding hydrogens is 453 g/mol. The molecule has 35 heavy (non-hydrogen) atoms. The Labute approximate surface area is 201 Å². The van der Waals surface area contributed by atoms with Gasteiger partial charge in [-0.2, -0.15) is 0 Å².